The highest BCUT2D eigenvalue weighted by atomic mass is 32.2. The maximum atomic E-state index is 13.2. The van der Waals surface area contributed by atoms with Crippen molar-refractivity contribution < 1.29 is 14.3 Å². The number of thioether (sulfide) groups is 1. The van der Waals surface area contributed by atoms with Crippen molar-refractivity contribution in [2.75, 3.05) is 19.5 Å². The van der Waals surface area contributed by atoms with Gasteiger partial charge in [0, 0.05) is 17.1 Å². The van der Waals surface area contributed by atoms with Crippen molar-refractivity contribution in [1.29, 1.82) is 0 Å². The van der Waals surface area contributed by atoms with Gasteiger partial charge >= 0.3 is 0 Å². The molecule has 0 bridgehead atoms. The molecule has 0 fully saturated rings. The number of para-hydroxylation sites is 1. The van der Waals surface area contributed by atoms with Gasteiger partial charge < -0.3 is 14.8 Å². The molecule has 1 aliphatic heterocycles. The average molecular weight is 410 g/mol. The molecule has 29 heavy (non-hydrogen) atoms. The lowest BCUT2D eigenvalue weighted by molar-refractivity contribution is 0.102. The smallest absolute Gasteiger partial charge is 0.260 e. The Morgan fingerprint density at radius 3 is 2.55 bits per heavy atom. The normalized spacial score (nSPS) is 12.6. The summed E-state index contributed by atoms with van der Waals surface area (Å²) < 4.78 is 12.6. The van der Waals surface area contributed by atoms with Gasteiger partial charge in [0.2, 0.25) is 0 Å². The molecule has 6 nitrogen and oxygen atoms in total. The molecule has 1 aromatic heterocycles. The predicted octanol–water partition coefficient (Wildman–Crippen LogP) is 4.51. The maximum Gasteiger partial charge on any atom is 0.260 e. The van der Waals surface area contributed by atoms with Crippen LogP contribution in [0.5, 0.6) is 11.5 Å². The number of fused-ring (bicyclic) bond motifs is 1. The molecule has 0 spiro atoms. The van der Waals surface area contributed by atoms with E-state index in [0.29, 0.717) is 22.9 Å². The molecule has 2 heterocycles. The van der Waals surface area contributed by atoms with E-state index in [0.717, 1.165) is 39.6 Å². The molecular formula is C22H23N3O3S. The van der Waals surface area contributed by atoms with Crippen LogP contribution in [0, 0.1) is 13.8 Å². The number of hydrogen-bond acceptors (Lipinski definition) is 5. The molecule has 0 saturated heterocycles. The SMILES string of the molecule is COc1cccc(C(=O)Nc2c3c(nn2-c2cc(C)cc(C)c2)CSC3)c1OC. The van der Waals surface area contributed by atoms with Gasteiger partial charge in [-0.15, -0.1) is 0 Å². The lowest BCUT2D eigenvalue weighted by atomic mass is 10.1. The number of carbonyl (C=O) groups is 1. The number of ether oxygens (including phenoxy) is 2. The van der Waals surface area contributed by atoms with Crippen LogP contribution in [0.15, 0.2) is 36.4 Å². The van der Waals surface area contributed by atoms with Crippen LogP contribution in [0.4, 0.5) is 5.82 Å². The summed E-state index contributed by atoms with van der Waals surface area (Å²) in [6, 6.07) is 11.5. The second-order valence-corrected chi connectivity index (χ2v) is 8.01. The van der Waals surface area contributed by atoms with Gasteiger partial charge in [-0.05, 0) is 49.2 Å². The molecule has 0 aliphatic carbocycles. The number of nitrogens with zero attached hydrogens (tertiary/aromatic N) is 2. The number of rotatable bonds is 5. The topological polar surface area (TPSA) is 65.4 Å². The van der Waals surface area contributed by atoms with Crippen molar-refractivity contribution in [2.24, 2.45) is 0 Å². The van der Waals surface area contributed by atoms with Crippen molar-refractivity contribution in [3.05, 3.63) is 64.3 Å². The molecule has 0 atom stereocenters. The van der Waals surface area contributed by atoms with Crippen molar-refractivity contribution >= 4 is 23.5 Å². The van der Waals surface area contributed by atoms with Crippen LogP contribution < -0.4 is 14.8 Å². The molecule has 4 rings (SSSR count). The third-order valence-electron chi connectivity index (χ3n) is 4.88. The van der Waals surface area contributed by atoms with Gasteiger partial charge in [0.25, 0.3) is 5.91 Å². The van der Waals surface area contributed by atoms with E-state index in [1.165, 1.54) is 7.11 Å². The zero-order valence-electron chi connectivity index (χ0n) is 16.9. The van der Waals surface area contributed by atoms with E-state index in [1.54, 1.807) is 37.1 Å². The van der Waals surface area contributed by atoms with Gasteiger partial charge in [-0.2, -0.15) is 16.9 Å². The van der Waals surface area contributed by atoms with Crippen LogP contribution in [-0.4, -0.2) is 29.9 Å². The number of hydrogen-bond donors (Lipinski definition) is 1. The lowest BCUT2D eigenvalue weighted by Gasteiger charge is -2.15. The van der Waals surface area contributed by atoms with Crippen LogP contribution in [-0.2, 0) is 11.5 Å². The highest BCUT2D eigenvalue weighted by Gasteiger charge is 2.26. The van der Waals surface area contributed by atoms with E-state index in [9.17, 15) is 4.79 Å². The predicted molar refractivity (Wildman–Crippen MR) is 116 cm³/mol. The highest BCUT2D eigenvalue weighted by molar-refractivity contribution is 7.98. The largest absolute Gasteiger partial charge is 0.493 e. The molecule has 150 valence electrons. The Morgan fingerprint density at radius 1 is 1.10 bits per heavy atom. The number of nitrogens with one attached hydrogen (secondary N) is 1. The molecule has 3 aromatic rings. The van der Waals surface area contributed by atoms with Crippen molar-refractivity contribution in [3.63, 3.8) is 0 Å². The van der Waals surface area contributed by atoms with Crippen LogP contribution in [0.2, 0.25) is 0 Å². The summed E-state index contributed by atoms with van der Waals surface area (Å²) >= 11 is 1.80. The van der Waals surface area contributed by atoms with E-state index in [2.05, 4.69) is 37.4 Å². The molecule has 7 heteroatoms. The van der Waals surface area contributed by atoms with Crippen molar-refractivity contribution in [1.82, 2.24) is 9.78 Å². The number of aryl methyl sites for hydroxylation is 2. The Morgan fingerprint density at radius 2 is 1.86 bits per heavy atom. The van der Waals surface area contributed by atoms with E-state index < -0.39 is 0 Å². The first kappa shape index (κ1) is 19.4. The molecule has 1 N–H and O–H groups in total. The van der Waals surface area contributed by atoms with Gasteiger partial charge in [0.1, 0.15) is 5.82 Å². The lowest BCUT2D eigenvalue weighted by Crippen LogP contribution is -2.17. The Kier molecular flexibility index (Phi) is 5.24. The highest BCUT2D eigenvalue weighted by Crippen LogP contribution is 2.37. The first-order valence-corrected chi connectivity index (χ1v) is 10.5. The molecule has 0 radical (unpaired) electrons. The van der Waals surface area contributed by atoms with E-state index in [4.69, 9.17) is 14.6 Å². The fourth-order valence-electron chi connectivity index (χ4n) is 3.64. The Balaban J connectivity index is 1.77. The summed E-state index contributed by atoms with van der Waals surface area (Å²) in [5, 5.41) is 7.87. The summed E-state index contributed by atoms with van der Waals surface area (Å²) in [6.07, 6.45) is 0. The average Bonchev–Trinajstić information content (AvgIpc) is 3.29. The zero-order valence-corrected chi connectivity index (χ0v) is 17.7. The van der Waals surface area contributed by atoms with Gasteiger partial charge in [0.05, 0.1) is 31.2 Å². The molecular weight excluding hydrogens is 386 g/mol. The summed E-state index contributed by atoms with van der Waals surface area (Å²) in [5.74, 6) is 3.05. The number of aromatic nitrogens is 2. The maximum absolute atomic E-state index is 13.2. The minimum atomic E-state index is -0.258. The number of benzene rings is 2. The molecule has 1 amide bonds. The minimum Gasteiger partial charge on any atom is -0.493 e. The Hall–Kier alpha value is -2.93. The molecule has 1 aliphatic rings. The second kappa shape index (κ2) is 7.83. The molecule has 0 saturated carbocycles. The summed E-state index contributed by atoms with van der Waals surface area (Å²) in [5.41, 5.74) is 5.74. The molecule has 0 unspecified atom stereocenters. The third kappa shape index (κ3) is 3.58. The van der Waals surface area contributed by atoms with Crippen LogP contribution >= 0.6 is 11.8 Å². The van der Waals surface area contributed by atoms with Gasteiger partial charge in [-0.25, -0.2) is 4.68 Å². The number of anilines is 1. The quantitative estimate of drug-likeness (QED) is 0.672. The van der Waals surface area contributed by atoms with Crippen LogP contribution in [0.25, 0.3) is 5.69 Å². The summed E-state index contributed by atoms with van der Waals surface area (Å²) in [6.45, 7) is 4.12. The summed E-state index contributed by atoms with van der Waals surface area (Å²) in [4.78, 5) is 13.2. The number of amides is 1. The van der Waals surface area contributed by atoms with Gasteiger partial charge in [-0.3, -0.25) is 4.79 Å². The Labute approximate surface area is 174 Å². The monoisotopic (exact) mass is 409 g/mol. The fraction of sp³-hybridized carbons (Fsp3) is 0.273. The van der Waals surface area contributed by atoms with Crippen LogP contribution in [0.1, 0.15) is 32.7 Å². The van der Waals surface area contributed by atoms with Gasteiger partial charge in [0.15, 0.2) is 11.5 Å². The van der Waals surface area contributed by atoms with E-state index in [1.807, 2.05) is 4.68 Å². The first-order valence-electron chi connectivity index (χ1n) is 9.31. The zero-order chi connectivity index (χ0) is 20.5. The van der Waals surface area contributed by atoms with Gasteiger partial charge in [-0.1, -0.05) is 12.1 Å². The Bertz CT molecular complexity index is 1070. The van der Waals surface area contributed by atoms with Crippen LogP contribution in [0.3, 0.4) is 0 Å². The van der Waals surface area contributed by atoms with E-state index in [-0.39, 0.29) is 5.91 Å². The first-order chi connectivity index (χ1) is 14.0. The summed E-state index contributed by atoms with van der Waals surface area (Å²) in [7, 11) is 3.08. The number of carbonyl (C=O) groups excluding carboxylic acids is 1. The molecule has 2 aromatic carbocycles. The fourth-order valence-corrected chi connectivity index (χ4v) is 4.68. The third-order valence-corrected chi connectivity index (χ3v) is 5.85. The minimum absolute atomic E-state index is 0.258. The van der Waals surface area contributed by atoms with Crippen molar-refractivity contribution in [2.45, 2.75) is 25.4 Å². The second-order valence-electron chi connectivity index (χ2n) is 7.02. The van der Waals surface area contributed by atoms with E-state index >= 15 is 0 Å². The van der Waals surface area contributed by atoms with Crippen molar-refractivity contribution in [3.8, 4) is 17.2 Å². The standard InChI is InChI=1S/C22H23N3O3S/c1-13-8-14(2)10-15(9-13)25-21(17-11-29-12-18(17)24-25)23-22(26)16-6-5-7-19(27-3)20(16)28-4/h5-10H,11-12H2,1-4H3,(H,23,26). The number of methoxy groups -OCH3 is 2.